The number of nitrogens with one attached hydrogen (secondary N) is 1. The summed E-state index contributed by atoms with van der Waals surface area (Å²) in [4.78, 5) is 0. The van der Waals surface area contributed by atoms with Crippen molar-refractivity contribution in [3.05, 3.63) is 64.7 Å². The summed E-state index contributed by atoms with van der Waals surface area (Å²) in [6.45, 7) is 0. The highest BCUT2D eigenvalue weighted by molar-refractivity contribution is 5.44. The molecule has 2 aliphatic rings. The first-order valence-corrected chi connectivity index (χ1v) is 7.95. The van der Waals surface area contributed by atoms with E-state index in [2.05, 4.69) is 35.6 Å². The van der Waals surface area contributed by atoms with Crippen molar-refractivity contribution in [3.8, 4) is 5.75 Å². The Labute approximate surface area is 125 Å². The minimum absolute atomic E-state index is 0.405. The molecule has 2 heteroatoms. The van der Waals surface area contributed by atoms with E-state index in [4.69, 9.17) is 0 Å². The normalized spacial score (nSPS) is 23.6. The van der Waals surface area contributed by atoms with E-state index in [0.717, 1.165) is 24.8 Å². The minimum atomic E-state index is 0.405. The van der Waals surface area contributed by atoms with Crippen LogP contribution in [0.15, 0.2) is 42.5 Å². The van der Waals surface area contributed by atoms with E-state index in [1.54, 1.807) is 6.07 Å². The van der Waals surface area contributed by atoms with Gasteiger partial charge in [0.1, 0.15) is 5.75 Å². The Bertz CT molecular complexity index is 664. The van der Waals surface area contributed by atoms with Gasteiger partial charge in [0.05, 0.1) is 0 Å². The lowest BCUT2D eigenvalue weighted by atomic mass is 9.88. The number of phenolic OH excluding ortho intramolecular Hbond substituents is 1. The average molecular weight is 279 g/mol. The van der Waals surface area contributed by atoms with E-state index in [-0.39, 0.29) is 0 Å². The van der Waals surface area contributed by atoms with E-state index < -0.39 is 0 Å². The van der Waals surface area contributed by atoms with Crippen LogP contribution < -0.4 is 5.32 Å². The Morgan fingerprint density at radius 1 is 0.905 bits per heavy atom. The number of rotatable bonds is 2. The molecule has 0 radical (unpaired) electrons. The molecule has 2 aromatic carbocycles. The van der Waals surface area contributed by atoms with Crippen LogP contribution >= 0.6 is 0 Å². The second-order valence-electron chi connectivity index (χ2n) is 6.31. The van der Waals surface area contributed by atoms with Crippen LogP contribution in [0.2, 0.25) is 0 Å². The molecule has 0 spiro atoms. The maximum absolute atomic E-state index is 9.96. The molecule has 2 N–H and O–H groups in total. The van der Waals surface area contributed by atoms with Crippen molar-refractivity contribution in [2.45, 2.75) is 44.2 Å². The lowest BCUT2D eigenvalue weighted by Crippen LogP contribution is -2.36. The smallest absolute Gasteiger partial charge is 0.119 e. The molecule has 2 nitrogen and oxygen atoms in total. The van der Waals surface area contributed by atoms with Crippen LogP contribution in [0.4, 0.5) is 0 Å². The van der Waals surface area contributed by atoms with Crippen molar-refractivity contribution < 1.29 is 5.11 Å². The van der Waals surface area contributed by atoms with Gasteiger partial charge in [0, 0.05) is 12.1 Å². The van der Waals surface area contributed by atoms with Gasteiger partial charge in [-0.25, -0.2) is 0 Å². The summed E-state index contributed by atoms with van der Waals surface area (Å²) < 4.78 is 0. The monoisotopic (exact) mass is 279 g/mol. The van der Waals surface area contributed by atoms with Crippen LogP contribution in [-0.2, 0) is 19.3 Å². The lowest BCUT2D eigenvalue weighted by molar-refractivity contribution is 0.397. The Morgan fingerprint density at radius 2 is 1.76 bits per heavy atom. The summed E-state index contributed by atoms with van der Waals surface area (Å²) in [5.41, 5.74) is 5.45. The molecule has 21 heavy (non-hydrogen) atoms. The zero-order chi connectivity index (χ0) is 14.2. The number of hydrogen-bond donors (Lipinski definition) is 2. The molecular formula is C19H21NO. The van der Waals surface area contributed by atoms with Crippen LogP contribution in [0, 0.1) is 0 Å². The van der Waals surface area contributed by atoms with Gasteiger partial charge in [0.25, 0.3) is 0 Å². The van der Waals surface area contributed by atoms with Gasteiger partial charge in [0.2, 0.25) is 0 Å². The third-order valence-electron chi connectivity index (χ3n) is 5.03. The van der Waals surface area contributed by atoms with Crippen molar-refractivity contribution in [2.75, 3.05) is 0 Å². The number of aromatic hydroxyl groups is 1. The van der Waals surface area contributed by atoms with Crippen LogP contribution in [0.1, 0.15) is 41.1 Å². The third kappa shape index (κ3) is 2.34. The summed E-state index contributed by atoms with van der Waals surface area (Å²) in [6, 6.07) is 15.7. The molecule has 2 unspecified atom stereocenters. The maximum atomic E-state index is 9.96. The van der Waals surface area contributed by atoms with Crippen molar-refractivity contribution in [1.29, 1.82) is 0 Å². The standard InChI is InChI=1S/C19H21NO/c21-19-7-3-6-16-17(19)10-11-18(16)20-15-9-8-13-4-1-2-5-14(13)12-15/h1-7,15,18,20-21H,8-12H2. The molecule has 108 valence electrons. The van der Waals surface area contributed by atoms with Gasteiger partial charge < -0.3 is 10.4 Å². The summed E-state index contributed by atoms with van der Waals surface area (Å²) in [5.74, 6) is 0.464. The van der Waals surface area contributed by atoms with Crippen LogP contribution in [-0.4, -0.2) is 11.1 Å². The average Bonchev–Trinajstić information content (AvgIpc) is 2.92. The number of hydrogen-bond acceptors (Lipinski definition) is 2. The zero-order valence-electron chi connectivity index (χ0n) is 12.2. The lowest BCUT2D eigenvalue weighted by Gasteiger charge is -2.28. The summed E-state index contributed by atoms with van der Waals surface area (Å²) >= 11 is 0. The van der Waals surface area contributed by atoms with Crippen LogP contribution in [0.3, 0.4) is 0 Å². The van der Waals surface area contributed by atoms with Gasteiger partial charge in [-0.05, 0) is 60.4 Å². The van der Waals surface area contributed by atoms with E-state index in [1.807, 2.05) is 6.07 Å². The molecule has 2 aromatic rings. The molecule has 2 aliphatic carbocycles. The van der Waals surface area contributed by atoms with Crippen molar-refractivity contribution in [1.82, 2.24) is 5.32 Å². The molecule has 2 atom stereocenters. The highest BCUT2D eigenvalue weighted by atomic mass is 16.3. The number of phenols is 1. The van der Waals surface area contributed by atoms with E-state index in [9.17, 15) is 5.11 Å². The Morgan fingerprint density at radius 3 is 2.67 bits per heavy atom. The second-order valence-corrected chi connectivity index (χ2v) is 6.31. The molecule has 4 rings (SSSR count). The quantitative estimate of drug-likeness (QED) is 0.881. The fraction of sp³-hybridized carbons (Fsp3) is 0.368. The van der Waals surface area contributed by atoms with Gasteiger partial charge in [-0.15, -0.1) is 0 Å². The SMILES string of the molecule is Oc1cccc2c1CCC2NC1CCc2ccccc2C1. The fourth-order valence-electron chi connectivity index (χ4n) is 3.93. The highest BCUT2D eigenvalue weighted by Crippen LogP contribution is 2.37. The molecule has 0 aromatic heterocycles. The Balaban J connectivity index is 1.51. The molecule has 0 amide bonds. The highest BCUT2D eigenvalue weighted by Gasteiger charge is 2.27. The van der Waals surface area contributed by atoms with Crippen LogP contribution in [0.25, 0.3) is 0 Å². The summed E-state index contributed by atoms with van der Waals surface area (Å²) in [6.07, 6.45) is 5.60. The van der Waals surface area contributed by atoms with Crippen molar-refractivity contribution in [3.63, 3.8) is 0 Å². The topological polar surface area (TPSA) is 32.3 Å². The zero-order valence-corrected chi connectivity index (χ0v) is 12.2. The first-order valence-electron chi connectivity index (χ1n) is 7.95. The molecular weight excluding hydrogens is 258 g/mol. The number of benzene rings is 2. The van der Waals surface area contributed by atoms with Gasteiger partial charge in [-0.1, -0.05) is 36.4 Å². The second kappa shape index (κ2) is 5.19. The van der Waals surface area contributed by atoms with E-state index in [1.165, 1.54) is 29.5 Å². The molecule has 0 saturated carbocycles. The van der Waals surface area contributed by atoms with Gasteiger partial charge in [-0.3, -0.25) is 0 Å². The minimum Gasteiger partial charge on any atom is -0.508 e. The molecule has 0 aliphatic heterocycles. The molecule has 0 fully saturated rings. The van der Waals surface area contributed by atoms with Gasteiger partial charge in [0.15, 0.2) is 0 Å². The summed E-state index contributed by atoms with van der Waals surface area (Å²) in [7, 11) is 0. The molecule has 0 saturated heterocycles. The van der Waals surface area contributed by atoms with Gasteiger partial charge in [-0.2, -0.15) is 0 Å². The summed E-state index contributed by atoms with van der Waals surface area (Å²) in [5, 5.41) is 13.8. The van der Waals surface area contributed by atoms with E-state index in [0.29, 0.717) is 17.8 Å². The first kappa shape index (κ1) is 12.9. The van der Waals surface area contributed by atoms with Crippen molar-refractivity contribution in [2.24, 2.45) is 0 Å². The Hall–Kier alpha value is -1.80. The first-order chi connectivity index (χ1) is 10.3. The predicted molar refractivity (Wildman–Crippen MR) is 84.6 cm³/mol. The fourth-order valence-corrected chi connectivity index (χ4v) is 3.93. The van der Waals surface area contributed by atoms with Crippen molar-refractivity contribution >= 4 is 0 Å². The molecule has 0 bridgehead atoms. The third-order valence-corrected chi connectivity index (χ3v) is 5.03. The number of fused-ring (bicyclic) bond motifs is 2. The maximum Gasteiger partial charge on any atom is 0.119 e. The predicted octanol–water partition coefficient (Wildman–Crippen LogP) is 3.53. The number of aryl methyl sites for hydroxylation is 1. The Kier molecular flexibility index (Phi) is 3.19. The van der Waals surface area contributed by atoms with E-state index >= 15 is 0 Å². The largest absolute Gasteiger partial charge is 0.508 e. The van der Waals surface area contributed by atoms with Gasteiger partial charge >= 0.3 is 0 Å². The van der Waals surface area contributed by atoms with Crippen LogP contribution in [0.5, 0.6) is 5.75 Å². The molecule has 0 heterocycles.